The molecule has 0 spiro atoms. The smallest absolute Gasteiger partial charge is 0.237 e. The van der Waals surface area contributed by atoms with Crippen LogP contribution in [-0.4, -0.2) is 41.5 Å². The molecular formula is C15H29N3O. The first-order chi connectivity index (χ1) is 8.98. The Bertz CT molecular complexity index is 329. The van der Waals surface area contributed by atoms with E-state index in [9.17, 15) is 4.79 Å². The van der Waals surface area contributed by atoms with Gasteiger partial charge in [-0.15, -0.1) is 0 Å². The van der Waals surface area contributed by atoms with E-state index < -0.39 is 5.54 Å². The SMILES string of the molecule is CCC(C)N(C)C1CCCC(NC2CC2)(C(N)=O)C1. The lowest BCUT2D eigenvalue weighted by molar-refractivity contribution is -0.127. The minimum absolute atomic E-state index is 0.151. The third-order valence-corrected chi connectivity index (χ3v) is 5.12. The summed E-state index contributed by atoms with van der Waals surface area (Å²) in [5.41, 5.74) is 5.28. The van der Waals surface area contributed by atoms with Gasteiger partial charge in [-0.25, -0.2) is 0 Å². The first kappa shape index (κ1) is 14.8. The number of rotatable bonds is 6. The maximum Gasteiger partial charge on any atom is 0.237 e. The molecule has 4 heteroatoms. The molecule has 3 unspecified atom stereocenters. The molecule has 0 aromatic heterocycles. The molecule has 3 N–H and O–H groups in total. The van der Waals surface area contributed by atoms with Crippen molar-refractivity contribution in [3.05, 3.63) is 0 Å². The predicted molar refractivity (Wildman–Crippen MR) is 77.9 cm³/mol. The zero-order valence-corrected chi connectivity index (χ0v) is 12.6. The predicted octanol–water partition coefficient (Wildman–Crippen LogP) is 1.64. The molecule has 4 nitrogen and oxygen atoms in total. The molecule has 2 saturated carbocycles. The molecule has 0 aromatic carbocycles. The normalized spacial score (nSPS) is 33.4. The van der Waals surface area contributed by atoms with Gasteiger partial charge in [0.25, 0.3) is 0 Å². The summed E-state index contributed by atoms with van der Waals surface area (Å²) in [6.07, 6.45) is 7.59. The lowest BCUT2D eigenvalue weighted by Gasteiger charge is -2.44. The van der Waals surface area contributed by atoms with Crippen molar-refractivity contribution in [3.63, 3.8) is 0 Å². The van der Waals surface area contributed by atoms with Crippen LogP contribution in [0, 0.1) is 0 Å². The van der Waals surface area contributed by atoms with E-state index in [4.69, 9.17) is 5.73 Å². The second kappa shape index (κ2) is 5.80. The van der Waals surface area contributed by atoms with Crippen molar-refractivity contribution < 1.29 is 4.79 Å². The molecule has 0 bridgehead atoms. The van der Waals surface area contributed by atoms with E-state index in [1.54, 1.807) is 0 Å². The van der Waals surface area contributed by atoms with Crippen molar-refractivity contribution in [2.45, 2.75) is 82.5 Å². The van der Waals surface area contributed by atoms with Gasteiger partial charge in [-0.05, 0) is 58.9 Å². The monoisotopic (exact) mass is 267 g/mol. The van der Waals surface area contributed by atoms with Crippen LogP contribution in [0.3, 0.4) is 0 Å². The van der Waals surface area contributed by atoms with Gasteiger partial charge in [-0.1, -0.05) is 6.92 Å². The van der Waals surface area contributed by atoms with E-state index in [0.29, 0.717) is 18.1 Å². The van der Waals surface area contributed by atoms with E-state index in [-0.39, 0.29) is 5.91 Å². The summed E-state index contributed by atoms with van der Waals surface area (Å²) >= 11 is 0. The third kappa shape index (κ3) is 3.29. The minimum Gasteiger partial charge on any atom is -0.368 e. The highest BCUT2D eigenvalue weighted by molar-refractivity contribution is 5.85. The second-order valence-corrected chi connectivity index (χ2v) is 6.54. The molecule has 0 heterocycles. The average Bonchev–Trinajstić information content (AvgIpc) is 3.20. The lowest BCUT2D eigenvalue weighted by Crippen LogP contribution is -2.61. The largest absolute Gasteiger partial charge is 0.368 e. The molecule has 2 fully saturated rings. The quantitative estimate of drug-likeness (QED) is 0.769. The van der Waals surface area contributed by atoms with Crippen LogP contribution in [0.2, 0.25) is 0 Å². The number of hydrogen-bond acceptors (Lipinski definition) is 3. The molecule has 2 aliphatic rings. The summed E-state index contributed by atoms with van der Waals surface area (Å²) in [7, 11) is 2.19. The molecular weight excluding hydrogens is 238 g/mol. The standard InChI is InChI=1S/C15H29N3O/c1-4-11(2)18(3)13-6-5-9-15(10-13,14(16)19)17-12-7-8-12/h11-13,17H,4-10H2,1-3H3,(H2,16,19). The van der Waals surface area contributed by atoms with Crippen molar-refractivity contribution in [1.29, 1.82) is 0 Å². The maximum absolute atomic E-state index is 12.0. The Hall–Kier alpha value is -0.610. The lowest BCUT2D eigenvalue weighted by atomic mass is 9.77. The molecule has 0 radical (unpaired) electrons. The number of carbonyl (C=O) groups excluding carboxylic acids is 1. The highest BCUT2D eigenvalue weighted by atomic mass is 16.1. The Morgan fingerprint density at radius 3 is 2.68 bits per heavy atom. The van der Waals surface area contributed by atoms with Gasteiger partial charge < -0.3 is 16.0 Å². The molecule has 1 amide bonds. The van der Waals surface area contributed by atoms with Crippen LogP contribution in [0.15, 0.2) is 0 Å². The highest BCUT2D eigenvalue weighted by Crippen LogP contribution is 2.35. The minimum atomic E-state index is -0.453. The van der Waals surface area contributed by atoms with E-state index >= 15 is 0 Å². The summed E-state index contributed by atoms with van der Waals surface area (Å²) in [4.78, 5) is 14.4. The fraction of sp³-hybridized carbons (Fsp3) is 0.933. The molecule has 2 rings (SSSR count). The van der Waals surface area contributed by atoms with Crippen molar-refractivity contribution in [2.75, 3.05) is 7.05 Å². The molecule has 0 aliphatic heterocycles. The fourth-order valence-corrected chi connectivity index (χ4v) is 3.29. The number of nitrogens with one attached hydrogen (secondary N) is 1. The number of hydrogen-bond donors (Lipinski definition) is 2. The fourth-order valence-electron chi connectivity index (χ4n) is 3.29. The van der Waals surface area contributed by atoms with Crippen LogP contribution in [0.1, 0.15) is 58.8 Å². The van der Waals surface area contributed by atoms with Gasteiger partial charge in [0.1, 0.15) is 0 Å². The van der Waals surface area contributed by atoms with Gasteiger partial charge in [0.2, 0.25) is 5.91 Å². The van der Waals surface area contributed by atoms with Gasteiger partial charge in [0.05, 0.1) is 5.54 Å². The number of carbonyl (C=O) groups is 1. The van der Waals surface area contributed by atoms with E-state index in [0.717, 1.165) is 25.7 Å². The molecule has 0 saturated heterocycles. The summed E-state index contributed by atoms with van der Waals surface area (Å²) < 4.78 is 0. The zero-order valence-electron chi connectivity index (χ0n) is 12.6. The van der Waals surface area contributed by atoms with Crippen molar-refractivity contribution in [1.82, 2.24) is 10.2 Å². The van der Waals surface area contributed by atoms with Crippen LogP contribution in [0.5, 0.6) is 0 Å². The number of nitrogens with two attached hydrogens (primary N) is 1. The van der Waals surface area contributed by atoms with Gasteiger partial charge >= 0.3 is 0 Å². The maximum atomic E-state index is 12.0. The first-order valence-corrected chi connectivity index (χ1v) is 7.78. The Labute approximate surface area is 117 Å². The Balaban J connectivity index is 2.06. The average molecular weight is 267 g/mol. The summed E-state index contributed by atoms with van der Waals surface area (Å²) in [5, 5.41) is 3.55. The van der Waals surface area contributed by atoms with Crippen molar-refractivity contribution in [3.8, 4) is 0 Å². The van der Waals surface area contributed by atoms with Crippen molar-refractivity contribution in [2.24, 2.45) is 5.73 Å². The van der Waals surface area contributed by atoms with Gasteiger partial charge in [0.15, 0.2) is 0 Å². The second-order valence-electron chi connectivity index (χ2n) is 6.54. The molecule has 2 aliphatic carbocycles. The van der Waals surface area contributed by atoms with Crippen LogP contribution in [0.25, 0.3) is 0 Å². The van der Waals surface area contributed by atoms with E-state index in [1.807, 2.05) is 0 Å². The van der Waals surface area contributed by atoms with E-state index in [2.05, 4.69) is 31.1 Å². The Kier molecular flexibility index (Phi) is 4.51. The summed E-state index contributed by atoms with van der Waals surface area (Å²) in [6, 6.07) is 1.57. The highest BCUT2D eigenvalue weighted by Gasteiger charge is 2.45. The van der Waals surface area contributed by atoms with Crippen LogP contribution < -0.4 is 11.1 Å². The number of nitrogens with zero attached hydrogens (tertiary/aromatic N) is 1. The van der Waals surface area contributed by atoms with Crippen molar-refractivity contribution >= 4 is 5.91 Å². The molecule has 3 atom stereocenters. The number of primary amides is 1. The van der Waals surface area contributed by atoms with Gasteiger partial charge in [-0.2, -0.15) is 0 Å². The molecule has 110 valence electrons. The Morgan fingerprint density at radius 2 is 2.16 bits per heavy atom. The third-order valence-electron chi connectivity index (χ3n) is 5.12. The van der Waals surface area contributed by atoms with Gasteiger partial charge in [-0.3, -0.25) is 4.79 Å². The summed E-state index contributed by atoms with van der Waals surface area (Å²) in [5.74, 6) is -0.151. The van der Waals surface area contributed by atoms with Crippen LogP contribution >= 0.6 is 0 Å². The number of amides is 1. The summed E-state index contributed by atoms with van der Waals surface area (Å²) in [6.45, 7) is 4.47. The van der Waals surface area contributed by atoms with E-state index in [1.165, 1.54) is 19.3 Å². The topological polar surface area (TPSA) is 58.4 Å². The van der Waals surface area contributed by atoms with Crippen LogP contribution in [-0.2, 0) is 4.79 Å². The first-order valence-electron chi connectivity index (χ1n) is 7.78. The molecule has 19 heavy (non-hydrogen) atoms. The zero-order chi connectivity index (χ0) is 14.0. The van der Waals surface area contributed by atoms with Crippen LogP contribution in [0.4, 0.5) is 0 Å². The molecule has 0 aromatic rings. The Morgan fingerprint density at radius 1 is 1.47 bits per heavy atom. The van der Waals surface area contributed by atoms with Gasteiger partial charge in [0, 0.05) is 18.1 Å².